The predicted molar refractivity (Wildman–Crippen MR) is 117 cm³/mol. The molecule has 0 saturated heterocycles. The summed E-state index contributed by atoms with van der Waals surface area (Å²) in [6.07, 6.45) is 3.59. The summed E-state index contributed by atoms with van der Waals surface area (Å²) in [7, 11) is 0. The molecule has 0 unspecified atom stereocenters. The van der Waals surface area contributed by atoms with E-state index in [0.717, 1.165) is 46.1 Å². The van der Waals surface area contributed by atoms with Crippen molar-refractivity contribution in [2.45, 2.75) is 52.1 Å². The van der Waals surface area contributed by atoms with Gasteiger partial charge in [0, 0.05) is 22.5 Å². The molecule has 0 bridgehead atoms. The average molecular weight is 403 g/mol. The molecule has 1 amide bonds. The first-order valence-electron chi connectivity index (χ1n) is 10.2. The Kier molecular flexibility index (Phi) is 3.90. The minimum absolute atomic E-state index is 0.0340. The smallest absolute Gasteiger partial charge is 0.251 e. The average Bonchev–Trinajstić information content (AvgIpc) is 3.31. The maximum Gasteiger partial charge on any atom is 0.251 e. The van der Waals surface area contributed by atoms with E-state index in [1.807, 2.05) is 29.8 Å². The summed E-state index contributed by atoms with van der Waals surface area (Å²) in [6, 6.07) is 6.07. The molecule has 4 N–H and O–H groups in total. The number of nitrogens with one attached hydrogen (secondary N) is 2. The highest BCUT2D eigenvalue weighted by Gasteiger charge is 2.27. The van der Waals surface area contributed by atoms with Crippen molar-refractivity contribution in [1.82, 2.24) is 30.0 Å². The van der Waals surface area contributed by atoms with Crippen molar-refractivity contribution in [3.8, 4) is 11.4 Å². The van der Waals surface area contributed by atoms with Crippen LogP contribution < -0.4 is 11.1 Å². The van der Waals surface area contributed by atoms with Crippen molar-refractivity contribution in [3.05, 3.63) is 35.7 Å². The fourth-order valence-electron chi connectivity index (χ4n) is 3.83. The second-order valence-electron chi connectivity index (χ2n) is 9.02. The Balaban J connectivity index is 1.68. The number of aryl methyl sites for hydroxylation is 1. The van der Waals surface area contributed by atoms with Crippen molar-refractivity contribution in [2.75, 3.05) is 5.73 Å². The molecule has 1 aliphatic carbocycles. The Morgan fingerprint density at radius 1 is 1.27 bits per heavy atom. The number of amides is 1. The molecule has 3 aromatic heterocycles. The zero-order chi connectivity index (χ0) is 21.2. The van der Waals surface area contributed by atoms with Crippen LogP contribution in [-0.2, 0) is 5.54 Å². The summed E-state index contributed by atoms with van der Waals surface area (Å²) in [5.41, 5.74) is 10.8. The van der Waals surface area contributed by atoms with Gasteiger partial charge in [0.25, 0.3) is 5.91 Å². The van der Waals surface area contributed by atoms with E-state index in [4.69, 9.17) is 10.8 Å². The molecule has 1 saturated carbocycles. The summed E-state index contributed by atoms with van der Waals surface area (Å²) in [5, 5.41) is 9.69. The van der Waals surface area contributed by atoms with Crippen molar-refractivity contribution in [1.29, 1.82) is 0 Å². The van der Waals surface area contributed by atoms with Gasteiger partial charge < -0.3 is 16.0 Å². The molecule has 4 aromatic rings. The highest BCUT2D eigenvalue weighted by molar-refractivity contribution is 6.03. The summed E-state index contributed by atoms with van der Waals surface area (Å²) in [6.45, 7) is 8.26. The number of aromatic amines is 1. The van der Waals surface area contributed by atoms with Crippen LogP contribution in [0.5, 0.6) is 0 Å². The standard InChI is InChI=1S/C22H25N7O/c1-11-14-8-5-12(21(30)26-13-6-7-13)9-15(14)27-17(11)18-16-19(23)24-10-25-20(16)29(28-18)22(2,3)4/h5,8-10,13,27H,6-7H2,1-4H3,(H,26,30)(H2,23,24,25). The Bertz CT molecular complexity index is 1300. The molecular weight excluding hydrogens is 378 g/mol. The zero-order valence-corrected chi connectivity index (χ0v) is 17.6. The lowest BCUT2D eigenvalue weighted by molar-refractivity contribution is 0.0951. The summed E-state index contributed by atoms with van der Waals surface area (Å²) < 4.78 is 1.88. The SMILES string of the molecule is Cc1c(-c2nn(C(C)(C)C)c3ncnc(N)c23)[nH]c2cc(C(=O)NC3CC3)ccc12. The van der Waals surface area contributed by atoms with Gasteiger partial charge in [-0.1, -0.05) is 6.07 Å². The number of anilines is 1. The van der Waals surface area contributed by atoms with Gasteiger partial charge in [-0.15, -0.1) is 0 Å². The maximum atomic E-state index is 12.5. The number of hydrogen-bond donors (Lipinski definition) is 3. The van der Waals surface area contributed by atoms with E-state index in [1.54, 1.807) is 0 Å². The van der Waals surface area contributed by atoms with E-state index < -0.39 is 0 Å². The molecular formula is C22H25N7O. The Labute approximate surface area is 173 Å². The summed E-state index contributed by atoms with van der Waals surface area (Å²) in [4.78, 5) is 24.6. The van der Waals surface area contributed by atoms with E-state index >= 15 is 0 Å². The van der Waals surface area contributed by atoms with Crippen molar-refractivity contribution in [2.24, 2.45) is 0 Å². The number of nitrogen functional groups attached to an aromatic ring is 1. The number of nitrogens with zero attached hydrogens (tertiary/aromatic N) is 4. The van der Waals surface area contributed by atoms with E-state index in [9.17, 15) is 4.79 Å². The number of nitrogens with two attached hydrogens (primary N) is 1. The van der Waals surface area contributed by atoms with Crippen LogP contribution in [-0.4, -0.2) is 36.7 Å². The van der Waals surface area contributed by atoms with Gasteiger partial charge in [0.05, 0.1) is 16.6 Å². The molecule has 0 aliphatic heterocycles. The third kappa shape index (κ3) is 2.91. The largest absolute Gasteiger partial charge is 0.383 e. The third-order valence-corrected chi connectivity index (χ3v) is 5.60. The molecule has 1 aliphatic rings. The van der Waals surface area contributed by atoms with Crippen LogP contribution in [0.4, 0.5) is 5.82 Å². The van der Waals surface area contributed by atoms with Crippen LogP contribution in [0.2, 0.25) is 0 Å². The number of H-pyrrole nitrogens is 1. The van der Waals surface area contributed by atoms with Crippen LogP contribution in [0.1, 0.15) is 49.5 Å². The van der Waals surface area contributed by atoms with Crippen molar-refractivity contribution in [3.63, 3.8) is 0 Å². The van der Waals surface area contributed by atoms with Gasteiger partial charge in [-0.25, -0.2) is 14.6 Å². The minimum atomic E-state index is -0.273. The number of carbonyl (C=O) groups is 1. The normalized spacial score (nSPS) is 14.5. The third-order valence-electron chi connectivity index (χ3n) is 5.60. The van der Waals surface area contributed by atoms with Gasteiger partial charge in [-0.05, 0) is 58.2 Å². The number of benzene rings is 1. The molecule has 1 fully saturated rings. The molecule has 0 spiro atoms. The highest BCUT2D eigenvalue weighted by atomic mass is 16.1. The van der Waals surface area contributed by atoms with Gasteiger partial charge in [0.2, 0.25) is 0 Å². The van der Waals surface area contributed by atoms with Crippen LogP contribution in [0.3, 0.4) is 0 Å². The monoisotopic (exact) mass is 403 g/mol. The van der Waals surface area contributed by atoms with Gasteiger partial charge in [0.15, 0.2) is 5.65 Å². The fraction of sp³-hybridized carbons (Fsp3) is 0.364. The molecule has 0 radical (unpaired) electrons. The Morgan fingerprint density at radius 2 is 2.03 bits per heavy atom. The first kappa shape index (κ1) is 18.6. The van der Waals surface area contributed by atoms with Gasteiger partial charge in [0.1, 0.15) is 17.8 Å². The fourth-order valence-corrected chi connectivity index (χ4v) is 3.83. The zero-order valence-electron chi connectivity index (χ0n) is 17.6. The van der Waals surface area contributed by atoms with Crippen LogP contribution in [0.15, 0.2) is 24.5 Å². The van der Waals surface area contributed by atoms with E-state index in [1.165, 1.54) is 6.33 Å². The molecule has 0 atom stereocenters. The lowest BCUT2D eigenvalue weighted by Gasteiger charge is -2.19. The van der Waals surface area contributed by atoms with Crippen LogP contribution in [0.25, 0.3) is 33.3 Å². The van der Waals surface area contributed by atoms with E-state index in [2.05, 4.69) is 41.0 Å². The van der Waals surface area contributed by atoms with Gasteiger partial charge >= 0.3 is 0 Å². The van der Waals surface area contributed by atoms with E-state index in [-0.39, 0.29) is 11.4 Å². The van der Waals surface area contributed by atoms with Crippen LogP contribution in [0, 0.1) is 6.92 Å². The highest BCUT2D eigenvalue weighted by Crippen LogP contribution is 2.36. The molecule has 154 valence electrons. The topological polar surface area (TPSA) is 115 Å². The minimum Gasteiger partial charge on any atom is -0.383 e. The second kappa shape index (κ2) is 6.29. The molecule has 5 rings (SSSR count). The van der Waals surface area contributed by atoms with Crippen molar-refractivity contribution >= 4 is 33.7 Å². The lowest BCUT2D eigenvalue weighted by atomic mass is 10.1. The number of fused-ring (bicyclic) bond motifs is 2. The van der Waals surface area contributed by atoms with Gasteiger partial charge in [-0.2, -0.15) is 5.10 Å². The molecule has 3 heterocycles. The predicted octanol–water partition coefficient (Wildman–Crippen LogP) is 3.51. The Morgan fingerprint density at radius 3 is 2.73 bits per heavy atom. The number of hydrogen-bond acceptors (Lipinski definition) is 5. The Hall–Kier alpha value is -3.42. The second-order valence-corrected chi connectivity index (χ2v) is 9.02. The number of aromatic nitrogens is 5. The number of rotatable bonds is 3. The molecule has 8 nitrogen and oxygen atoms in total. The van der Waals surface area contributed by atoms with E-state index in [0.29, 0.717) is 23.1 Å². The number of carbonyl (C=O) groups excluding carboxylic acids is 1. The molecule has 30 heavy (non-hydrogen) atoms. The first-order valence-corrected chi connectivity index (χ1v) is 10.2. The molecule has 8 heteroatoms. The summed E-state index contributed by atoms with van der Waals surface area (Å²) >= 11 is 0. The van der Waals surface area contributed by atoms with Crippen LogP contribution >= 0.6 is 0 Å². The van der Waals surface area contributed by atoms with Crippen molar-refractivity contribution < 1.29 is 4.79 Å². The molecule has 1 aromatic carbocycles. The summed E-state index contributed by atoms with van der Waals surface area (Å²) in [5.74, 6) is 0.362. The maximum absolute atomic E-state index is 12.5. The quantitative estimate of drug-likeness (QED) is 0.484. The van der Waals surface area contributed by atoms with Gasteiger partial charge in [-0.3, -0.25) is 4.79 Å². The first-order chi connectivity index (χ1) is 14.2. The lowest BCUT2D eigenvalue weighted by Crippen LogP contribution is -2.25.